The summed E-state index contributed by atoms with van der Waals surface area (Å²) in [6, 6.07) is 7.75. The lowest BCUT2D eigenvalue weighted by molar-refractivity contribution is -0.125. The summed E-state index contributed by atoms with van der Waals surface area (Å²) in [5, 5.41) is 2.88. The van der Waals surface area contributed by atoms with Crippen molar-refractivity contribution in [1.82, 2.24) is 4.90 Å². The number of para-hydroxylation sites is 1. The minimum absolute atomic E-state index is 0.0382. The van der Waals surface area contributed by atoms with Crippen LogP contribution in [0.25, 0.3) is 0 Å². The van der Waals surface area contributed by atoms with E-state index in [1.807, 2.05) is 38.1 Å². The highest BCUT2D eigenvalue weighted by Crippen LogP contribution is 2.27. The van der Waals surface area contributed by atoms with Gasteiger partial charge in [0.25, 0.3) is 0 Å². The maximum absolute atomic E-state index is 11.9. The van der Waals surface area contributed by atoms with Gasteiger partial charge in [-0.3, -0.25) is 14.5 Å². The van der Waals surface area contributed by atoms with Gasteiger partial charge in [-0.25, -0.2) is 0 Å². The largest absolute Gasteiger partial charge is 0.326 e. The number of carbonyl (C=O) groups excluding carboxylic acids is 2. The van der Waals surface area contributed by atoms with E-state index in [-0.39, 0.29) is 17.1 Å². The van der Waals surface area contributed by atoms with Gasteiger partial charge in [-0.15, -0.1) is 0 Å². The third-order valence-corrected chi connectivity index (χ3v) is 5.30. The predicted molar refractivity (Wildman–Crippen MR) is 99.6 cm³/mol. The third kappa shape index (κ3) is 5.04. The maximum atomic E-state index is 11.9. The molecular formula is C17H22N2O2S2. The van der Waals surface area contributed by atoms with E-state index in [2.05, 4.69) is 5.32 Å². The van der Waals surface area contributed by atoms with Gasteiger partial charge in [0.05, 0.1) is 5.25 Å². The van der Waals surface area contributed by atoms with Gasteiger partial charge in [-0.1, -0.05) is 48.6 Å². The van der Waals surface area contributed by atoms with Gasteiger partial charge in [-0.05, 0) is 38.3 Å². The number of hydrogen-bond acceptors (Lipinski definition) is 4. The van der Waals surface area contributed by atoms with E-state index >= 15 is 0 Å². The number of unbranched alkanes of at least 4 members (excludes halogenated alkanes) is 2. The van der Waals surface area contributed by atoms with E-state index in [1.165, 1.54) is 11.8 Å². The molecule has 1 unspecified atom stereocenters. The zero-order valence-electron chi connectivity index (χ0n) is 13.5. The van der Waals surface area contributed by atoms with Crippen molar-refractivity contribution < 1.29 is 9.59 Å². The number of anilines is 1. The van der Waals surface area contributed by atoms with Crippen molar-refractivity contribution in [3.05, 3.63) is 29.8 Å². The minimum atomic E-state index is -0.0533. The number of amides is 2. The quantitative estimate of drug-likeness (QED) is 0.601. The highest BCUT2D eigenvalue weighted by Gasteiger charge is 2.32. The van der Waals surface area contributed by atoms with Crippen molar-refractivity contribution in [1.29, 1.82) is 0 Å². The molecule has 4 nitrogen and oxygen atoms in total. The molecule has 0 saturated carbocycles. The molecule has 0 radical (unpaired) electrons. The molecule has 1 saturated heterocycles. The molecule has 1 aliphatic heterocycles. The third-order valence-electron chi connectivity index (χ3n) is 3.82. The lowest BCUT2D eigenvalue weighted by Crippen LogP contribution is -2.31. The van der Waals surface area contributed by atoms with Crippen molar-refractivity contribution in [2.45, 2.75) is 44.8 Å². The summed E-state index contributed by atoms with van der Waals surface area (Å²) < 4.78 is 0.680. The molecule has 23 heavy (non-hydrogen) atoms. The molecule has 0 bridgehead atoms. The topological polar surface area (TPSA) is 49.4 Å². The molecule has 1 aromatic carbocycles. The minimum Gasteiger partial charge on any atom is -0.326 e. The molecule has 0 aliphatic carbocycles. The van der Waals surface area contributed by atoms with Crippen molar-refractivity contribution in [2.75, 3.05) is 11.9 Å². The number of thioether (sulfide) groups is 1. The Labute approximate surface area is 147 Å². The fourth-order valence-corrected chi connectivity index (χ4v) is 3.89. The summed E-state index contributed by atoms with van der Waals surface area (Å²) in [4.78, 5) is 25.5. The van der Waals surface area contributed by atoms with Crippen LogP contribution < -0.4 is 5.32 Å². The molecular weight excluding hydrogens is 328 g/mol. The van der Waals surface area contributed by atoms with Crippen LogP contribution in [-0.2, 0) is 9.59 Å². The lowest BCUT2D eigenvalue weighted by Gasteiger charge is -2.14. The Morgan fingerprint density at radius 3 is 2.70 bits per heavy atom. The van der Waals surface area contributed by atoms with Gasteiger partial charge in [0.1, 0.15) is 4.32 Å². The van der Waals surface area contributed by atoms with E-state index in [4.69, 9.17) is 12.2 Å². The Hall–Kier alpha value is -1.40. The van der Waals surface area contributed by atoms with Gasteiger partial charge in [0.15, 0.2) is 0 Å². The summed E-state index contributed by atoms with van der Waals surface area (Å²) >= 11 is 6.65. The van der Waals surface area contributed by atoms with E-state index in [0.717, 1.165) is 30.5 Å². The first kappa shape index (κ1) is 17.9. The van der Waals surface area contributed by atoms with E-state index in [0.29, 0.717) is 17.3 Å². The SMILES string of the molecule is Cc1ccccc1NC(=O)CCCCCN1C(=O)C(C)SC1=S. The van der Waals surface area contributed by atoms with Crippen molar-refractivity contribution in [2.24, 2.45) is 0 Å². The molecule has 1 atom stereocenters. The van der Waals surface area contributed by atoms with Crippen LogP contribution in [0.5, 0.6) is 0 Å². The summed E-state index contributed by atoms with van der Waals surface area (Å²) in [6.45, 7) is 4.52. The second-order valence-electron chi connectivity index (χ2n) is 5.69. The molecule has 2 amide bonds. The molecule has 1 heterocycles. The Balaban J connectivity index is 1.64. The first-order valence-corrected chi connectivity index (χ1v) is 9.15. The van der Waals surface area contributed by atoms with Crippen LogP contribution in [0.1, 0.15) is 38.2 Å². The molecule has 1 aliphatic rings. The number of rotatable bonds is 7. The van der Waals surface area contributed by atoms with Gasteiger partial charge < -0.3 is 5.32 Å². The molecule has 6 heteroatoms. The van der Waals surface area contributed by atoms with Crippen molar-refractivity contribution >= 4 is 45.8 Å². The first-order valence-electron chi connectivity index (χ1n) is 7.86. The van der Waals surface area contributed by atoms with E-state index < -0.39 is 0 Å². The van der Waals surface area contributed by atoms with Gasteiger partial charge in [0, 0.05) is 18.7 Å². The number of thiocarbonyl (C=S) groups is 1. The molecule has 2 rings (SSSR count). The Morgan fingerprint density at radius 1 is 1.30 bits per heavy atom. The fraction of sp³-hybridized carbons (Fsp3) is 0.471. The lowest BCUT2D eigenvalue weighted by atomic mass is 10.1. The van der Waals surface area contributed by atoms with Crippen LogP contribution in [0.15, 0.2) is 24.3 Å². The van der Waals surface area contributed by atoms with Crippen molar-refractivity contribution in [3.8, 4) is 0 Å². The summed E-state index contributed by atoms with van der Waals surface area (Å²) in [7, 11) is 0. The summed E-state index contributed by atoms with van der Waals surface area (Å²) in [5.74, 6) is 0.147. The second-order valence-corrected chi connectivity index (χ2v) is 7.66. The smallest absolute Gasteiger partial charge is 0.241 e. The number of benzene rings is 1. The van der Waals surface area contributed by atoms with Gasteiger partial charge in [-0.2, -0.15) is 0 Å². The van der Waals surface area contributed by atoms with Gasteiger partial charge >= 0.3 is 0 Å². The number of nitrogens with one attached hydrogen (secondary N) is 1. The predicted octanol–water partition coefficient (Wildman–Crippen LogP) is 3.74. The zero-order chi connectivity index (χ0) is 16.8. The number of carbonyl (C=O) groups is 2. The maximum Gasteiger partial charge on any atom is 0.241 e. The van der Waals surface area contributed by atoms with E-state index in [1.54, 1.807) is 4.90 Å². The van der Waals surface area contributed by atoms with Crippen LogP contribution in [0.4, 0.5) is 5.69 Å². The average Bonchev–Trinajstić information content (AvgIpc) is 2.75. The number of nitrogens with zero attached hydrogens (tertiary/aromatic N) is 1. The van der Waals surface area contributed by atoms with E-state index in [9.17, 15) is 9.59 Å². The molecule has 1 fully saturated rings. The highest BCUT2D eigenvalue weighted by molar-refractivity contribution is 8.24. The summed E-state index contributed by atoms with van der Waals surface area (Å²) in [6.07, 6.45) is 3.09. The standard InChI is InChI=1S/C17H22N2O2S2/c1-12-8-5-6-9-14(12)18-15(20)10-4-3-7-11-19-16(21)13(2)23-17(19)22/h5-6,8-9,13H,3-4,7,10-11H2,1-2H3,(H,18,20). The molecule has 1 aromatic rings. The van der Waals surface area contributed by atoms with Crippen LogP contribution in [0.2, 0.25) is 0 Å². The van der Waals surface area contributed by atoms with Crippen LogP contribution in [0.3, 0.4) is 0 Å². The number of hydrogen-bond donors (Lipinski definition) is 1. The van der Waals surface area contributed by atoms with Crippen LogP contribution >= 0.6 is 24.0 Å². The Kier molecular flexibility index (Phi) is 6.59. The first-order chi connectivity index (χ1) is 11.0. The molecule has 1 N–H and O–H groups in total. The molecule has 124 valence electrons. The highest BCUT2D eigenvalue weighted by atomic mass is 32.2. The van der Waals surface area contributed by atoms with Crippen LogP contribution in [-0.4, -0.2) is 32.8 Å². The van der Waals surface area contributed by atoms with Crippen molar-refractivity contribution in [3.63, 3.8) is 0 Å². The zero-order valence-corrected chi connectivity index (χ0v) is 15.1. The normalized spacial score (nSPS) is 17.7. The fourth-order valence-electron chi connectivity index (χ4n) is 2.43. The molecule has 0 aromatic heterocycles. The average molecular weight is 351 g/mol. The number of aryl methyl sites for hydroxylation is 1. The summed E-state index contributed by atoms with van der Waals surface area (Å²) in [5.41, 5.74) is 1.94. The van der Waals surface area contributed by atoms with Crippen LogP contribution in [0, 0.1) is 6.92 Å². The second kappa shape index (κ2) is 8.45. The molecule has 0 spiro atoms. The Bertz CT molecular complexity index is 604. The Morgan fingerprint density at radius 2 is 2.04 bits per heavy atom. The monoisotopic (exact) mass is 350 g/mol. The van der Waals surface area contributed by atoms with Gasteiger partial charge in [0.2, 0.25) is 11.8 Å².